The second kappa shape index (κ2) is 3.26. The van der Waals surface area contributed by atoms with Crippen molar-refractivity contribution in [3.05, 3.63) is 29.3 Å². The summed E-state index contributed by atoms with van der Waals surface area (Å²) in [5.74, 6) is 0.277. The first-order valence-corrected chi connectivity index (χ1v) is 4.84. The van der Waals surface area contributed by atoms with Crippen molar-refractivity contribution in [2.24, 2.45) is 0 Å². The van der Waals surface area contributed by atoms with Gasteiger partial charge < -0.3 is 15.5 Å². The van der Waals surface area contributed by atoms with E-state index in [1.165, 1.54) is 0 Å². The first kappa shape index (κ1) is 9.49. The Morgan fingerprint density at radius 2 is 2.21 bits per heavy atom. The van der Waals surface area contributed by atoms with Crippen LogP contribution in [0.3, 0.4) is 0 Å². The van der Waals surface area contributed by atoms with Crippen molar-refractivity contribution in [3.8, 4) is 5.75 Å². The minimum absolute atomic E-state index is 0.110. The van der Waals surface area contributed by atoms with E-state index in [-0.39, 0.29) is 17.9 Å². The fourth-order valence-electron chi connectivity index (χ4n) is 2.06. The maximum atomic E-state index is 9.36. The Bertz CT molecular complexity index is 340. The van der Waals surface area contributed by atoms with Crippen molar-refractivity contribution < 1.29 is 10.2 Å². The molecule has 0 radical (unpaired) electrons. The minimum Gasteiger partial charge on any atom is -0.508 e. The highest BCUT2D eigenvalue weighted by Crippen LogP contribution is 2.33. The third-order valence-corrected chi connectivity index (χ3v) is 3.01. The van der Waals surface area contributed by atoms with E-state index in [4.69, 9.17) is 0 Å². The Morgan fingerprint density at radius 1 is 1.50 bits per heavy atom. The molecule has 1 aromatic rings. The number of rotatable bonds is 2. The zero-order valence-electron chi connectivity index (χ0n) is 8.25. The van der Waals surface area contributed by atoms with Crippen LogP contribution in [0.5, 0.6) is 5.75 Å². The molecule has 3 nitrogen and oxygen atoms in total. The molecule has 1 atom stereocenters. The maximum absolute atomic E-state index is 9.36. The van der Waals surface area contributed by atoms with Crippen molar-refractivity contribution in [2.75, 3.05) is 13.2 Å². The van der Waals surface area contributed by atoms with Gasteiger partial charge in [0.2, 0.25) is 0 Å². The van der Waals surface area contributed by atoms with Crippen LogP contribution in [0, 0.1) is 6.92 Å². The molecule has 1 unspecified atom stereocenters. The number of nitrogens with one attached hydrogen (secondary N) is 1. The number of phenolic OH excluding ortho intramolecular Hbond substituents is 1. The van der Waals surface area contributed by atoms with Crippen LogP contribution in [0.25, 0.3) is 0 Å². The summed E-state index contributed by atoms with van der Waals surface area (Å²) in [5, 5.41) is 21.9. The van der Waals surface area contributed by atoms with Crippen LogP contribution >= 0.6 is 0 Å². The van der Waals surface area contributed by atoms with Crippen molar-refractivity contribution in [1.82, 2.24) is 5.32 Å². The van der Waals surface area contributed by atoms with E-state index in [1.807, 2.05) is 13.0 Å². The lowest BCUT2D eigenvalue weighted by Gasteiger charge is -2.43. The molecular weight excluding hydrogens is 178 g/mol. The van der Waals surface area contributed by atoms with Gasteiger partial charge in [0.15, 0.2) is 0 Å². The van der Waals surface area contributed by atoms with Crippen molar-refractivity contribution >= 4 is 0 Å². The maximum Gasteiger partial charge on any atom is 0.115 e. The summed E-state index contributed by atoms with van der Waals surface area (Å²) in [6.07, 6.45) is 0.953. The molecule has 0 saturated carbocycles. The fraction of sp³-hybridized carbons (Fsp3) is 0.455. The van der Waals surface area contributed by atoms with Crippen LogP contribution in [0.4, 0.5) is 0 Å². The van der Waals surface area contributed by atoms with Crippen LogP contribution in [-0.2, 0) is 5.54 Å². The van der Waals surface area contributed by atoms with E-state index in [0.717, 1.165) is 24.1 Å². The lowest BCUT2D eigenvalue weighted by Crippen LogP contribution is -2.56. The molecule has 1 aliphatic heterocycles. The normalized spacial score (nSPS) is 25.9. The van der Waals surface area contributed by atoms with Gasteiger partial charge in [-0.3, -0.25) is 0 Å². The number of hydrogen-bond donors (Lipinski definition) is 3. The van der Waals surface area contributed by atoms with E-state index < -0.39 is 0 Å². The van der Waals surface area contributed by atoms with E-state index >= 15 is 0 Å². The minimum atomic E-state index is -0.266. The highest BCUT2D eigenvalue weighted by molar-refractivity contribution is 5.39. The third kappa shape index (κ3) is 1.29. The molecule has 0 amide bonds. The Kier molecular flexibility index (Phi) is 2.21. The van der Waals surface area contributed by atoms with Crippen molar-refractivity contribution in [1.29, 1.82) is 0 Å². The molecule has 1 aromatic carbocycles. The van der Waals surface area contributed by atoms with E-state index in [0.29, 0.717) is 0 Å². The molecule has 0 bridgehead atoms. The van der Waals surface area contributed by atoms with Gasteiger partial charge in [0.25, 0.3) is 0 Å². The summed E-state index contributed by atoms with van der Waals surface area (Å²) >= 11 is 0. The summed E-state index contributed by atoms with van der Waals surface area (Å²) in [5.41, 5.74) is 1.84. The molecule has 0 aliphatic carbocycles. The second-order valence-corrected chi connectivity index (χ2v) is 3.92. The van der Waals surface area contributed by atoms with E-state index in [9.17, 15) is 10.2 Å². The number of benzene rings is 1. The SMILES string of the molecule is Cc1cc(O)ccc1C1(CO)CCN1. The Morgan fingerprint density at radius 3 is 2.64 bits per heavy atom. The highest BCUT2D eigenvalue weighted by atomic mass is 16.3. The summed E-state index contributed by atoms with van der Waals surface area (Å²) in [6, 6.07) is 5.28. The van der Waals surface area contributed by atoms with Gasteiger partial charge in [0.1, 0.15) is 5.75 Å². The van der Waals surface area contributed by atoms with Gasteiger partial charge in [-0.15, -0.1) is 0 Å². The molecule has 3 heteroatoms. The standard InChI is InChI=1S/C11H15NO2/c1-8-6-9(14)2-3-10(8)11(7-13)4-5-12-11/h2-3,6,12-14H,4-5,7H2,1H3. The fourth-order valence-corrected chi connectivity index (χ4v) is 2.06. The van der Waals surface area contributed by atoms with Crippen molar-refractivity contribution in [2.45, 2.75) is 18.9 Å². The monoisotopic (exact) mass is 193 g/mol. The lowest BCUT2D eigenvalue weighted by atomic mass is 9.79. The largest absolute Gasteiger partial charge is 0.508 e. The predicted octanol–water partition coefficient (Wildman–Crippen LogP) is 0.882. The van der Waals surface area contributed by atoms with Gasteiger partial charge in [-0.2, -0.15) is 0 Å². The Hall–Kier alpha value is -1.06. The molecule has 3 N–H and O–H groups in total. The molecule has 1 saturated heterocycles. The third-order valence-electron chi connectivity index (χ3n) is 3.01. The Balaban J connectivity index is 2.40. The average molecular weight is 193 g/mol. The number of aliphatic hydroxyl groups is 1. The van der Waals surface area contributed by atoms with Crippen LogP contribution in [0.2, 0.25) is 0 Å². The summed E-state index contributed by atoms with van der Waals surface area (Å²) < 4.78 is 0. The first-order valence-electron chi connectivity index (χ1n) is 4.84. The second-order valence-electron chi connectivity index (χ2n) is 3.92. The molecule has 76 valence electrons. The van der Waals surface area contributed by atoms with Crippen LogP contribution in [0.1, 0.15) is 17.5 Å². The van der Waals surface area contributed by atoms with Crippen LogP contribution in [0.15, 0.2) is 18.2 Å². The van der Waals surface area contributed by atoms with Crippen LogP contribution < -0.4 is 5.32 Å². The summed E-state index contributed by atoms with van der Waals surface area (Å²) in [6.45, 7) is 3.01. The van der Waals surface area contributed by atoms with Gasteiger partial charge in [-0.1, -0.05) is 6.07 Å². The quantitative estimate of drug-likeness (QED) is 0.653. The predicted molar refractivity (Wildman–Crippen MR) is 54.2 cm³/mol. The molecule has 1 aliphatic rings. The smallest absolute Gasteiger partial charge is 0.115 e. The number of phenols is 1. The zero-order valence-corrected chi connectivity index (χ0v) is 8.25. The number of aromatic hydroxyl groups is 1. The number of aryl methyl sites for hydroxylation is 1. The van der Waals surface area contributed by atoms with Gasteiger partial charge in [0, 0.05) is 0 Å². The van der Waals surface area contributed by atoms with Gasteiger partial charge in [-0.05, 0) is 43.1 Å². The Labute approximate surface area is 83.4 Å². The topological polar surface area (TPSA) is 52.5 Å². The summed E-state index contributed by atoms with van der Waals surface area (Å²) in [4.78, 5) is 0. The first-order chi connectivity index (χ1) is 6.68. The molecule has 0 spiro atoms. The lowest BCUT2D eigenvalue weighted by molar-refractivity contribution is 0.0988. The number of hydrogen-bond acceptors (Lipinski definition) is 3. The molecule has 0 aromatic heterocycles. The zero-order chi connectivity index (χ0) is 10.2. The molecule has 14 heavy (non-hydrogen) atoms. The summed E-state index contributed by atoms with van der Waals surface area (Å²) in [7, 11) is 0. The number of aliphatic hydroxyl groups excluding tert-OH is 1. The van der Waals surface area contributed by atoms with Crippen molar-refractivity contribution in [3.63, 3.8) is 0 Å². The molecule has 1 fully saturated rings. The van der Waals surface area contributed by atoms with E-state index in [2.05, 4.69) is 5.32 Å². The average Bonchev–Trinajstić information content (AvgIpc) is 2.07. The van der Waals surface area contributed by atoms with Crippen LogP contribution in [-0.4, -0.2) is 23.4 Å². The molecule has 1 heterocycles. The molecule has 2 rings (SSSR count). The molecular formula is C11H15NO2. The highest BCUT2D eigenvalue weighted by Gasteiger charge is 2.38. The van der Waals surface area contributed by atoms with Gasteiger partial charge in [0.05, 0.1) is 12.1 Å². The van der Waals surface area contributed by atoms with Gasteiger partial charge >= 0.3 is 0 Å². The van der Waals surface area contributed by atoms with Gasteiger partial charge in [-0.25, -0.2) is 0 Å². The van der Waals surface area contributed by atoms with E-state index in [1.54, 1.807) is 12.1 Å².